The highest BCUT2D eigenvalue weighted by molar-refractivity contribution is 5.93. The van der Waals surface area contributed by atoms with Crippen LogP contribution in [0.15, 0.2) is 12.1 Å². The average Bonchev–Trinajstić information content (AvgIpc) is 2.48. The molecule has 1 heterocycles. The van der Waals surface area contributed by atoms with Gasteiger partial charge in [0, 0.05) is 0 Å². The van der Waals surface area contributed by atoms with Gasteiger partial charge >= 0.3 is 0 Å². The molecule has 1 aliphatic heterocycles. The number of carbonyl (C=O) groups is 1. The van der Waals surface area contributed by atoms with Crippen LogP contribution in [0.1, 0.15) is 6.92 Å². The van der Waals surface area contributed by atoms with E-state index < -0.39 is 29.4 Å². The second-order valence-electron chi connectivity index (χ2n) is 4.70. The summed E-state index contributed by atoms with van der Waals surface area (Å²) in [4.78, 5) is 13.0. The van der Waals surface area contributed by atoms with E-state index in [0.717, 1.165) is 17.0 Å². The van der Waals surface area contributed by atoms with Gasteiger partial charge in [-0.25, -0.2) is 13.2 Å². The fraction of sp³-hybridized carbons (Fsp3) is 0.462. The van der Waals surface area contributed by atoms with Gasteiger partial charge in [0.2, 0.25) is 0 Å². The Labute approximate surface area is 114 Å². The van der Waals surface area contributed by atoms with Crippen molar-refractivity contribution >= 4 is 11.6 Å². The lowest BCUT2D eigenvalue weighted by Gasteiger charge is -2.28. The third-order valence-corrected chi connectivity index (χ3v) is 3.43. The Bertz CT molecular complexity index is 505. The summed E-state index contributed by atoms with van der Waals surface area (Å²) in [6, 6.07) is 1.36. The van der Waals surface area contributed by atoms with Gasteiger partial charge in [-0.15, -0.1) is 0 Å². The highest BCUT2D eigenvalue weighted by Gasteiger charge is 2.28. The molecule has 0 aliphatic carbocycles. The van der Waals surface area contributed by atoms with Gasteiger partial charge in [0.15, 0.2) is 23.5 Å². The van der Waals surface area contributed by atoms with Crippen molar-refractivity contribution in [3.05, 3.63) is 29.6 Å². The van der Waals surface area contributed by atoms with Gasteiger partial charge in [0.05, 0.1) is 18.9 Å². The zero-order valence-corrected chi connectivity index (χ0v) is 11.0. The van der Waals surface area contributed by atoms with Crippen LogP contribution in [0.25, 0.3) is 0 Å². The molecule has 0 unspecified atom stereocenters. The smallest absolute Gasteiger partial charge is 0.282 e. The summed E-state index contributed by atoms with van der Waals surface area (Å²) in [6.07, 6.45) is 0. The van der Waals surface area contributed by atoms with Crippen molar-refractivity contribution in [1.82, 2.24) is 0 Å². The maximum atomic E-state index is 13.5. The van der Waals surface area contributed by atoms with E-state index in [1.54, 1.807) is 6.92 Å². The first-order valence-corrected chi connectivity index (χ1v) is 6.37. The zero-order valence-electron chi connectivity index (χ0n) is 11.0. The summed E-state index contributed by atoms with van der Waals surface area (Å²) in [7, 11) is 0. The summed E-state index contributed by atoms with van der Waals surface area (Å²) in [6.45, 7) is 4.18. The predicted molar refractivity (Wildman–Crippen MR) is 65.9 cm³/mol. The van der Waals surface area contributed by atoms with E-state index in [2.05, 4.69) is 5.32 Å². The van der Waals surface area contributed by atoms with E-state index >= 15 is 0 Å². The minimum Gasteiger partial charge on any atom is -0.370 e. The van der Waals surface area contributed by atoms with Crippen LogP contribution in [0.2, 0.25) is 0 Å². The number of carbonyl (C=O) groups excluding carboxylic acids is 1. The number of nitrogens with one attached hydrogen (secondary N) is 2. The minimum atomic E-state index is -1.59. The number of halogens is 3. The quantitative estimate of drug-likeness (QED) is 0.788. The molecule has 1 fully saturated rings. The number of rotatable bonds is 3. The normalized spacial score (nSPS) is 17.8. The van der Waals surface area contributed by atoms with Crippen LogP contribution in [0.3, 0.4) is 0 Å². The molecule has 1 amide bonds. The molecule has 20 heavy (non-hydrogen) atoms. The van der Waals surface area contributed by atoms with E-state index in [0.29, 0.717) is 26.3 Å². The average molecular weight is 289 g/mol. The van der Waals surface area contributed by atoms with E-state index in [-0.39, 0.29) is 5.69 Å². The van der Waals surface area contributed by atoms with Crippen LogP contribution >= 0.6 is 0 Å². The molecule has 1 saturated heterocycles. The first-order chi connectivity index (χ1) is 9.50. The third kappa shape index (κ3) is 3.10. The van der Waals surface area contributed by atoms with E-state index in [1.807, 2.05) is 0 Å². The molecule has 0 radical (unpaired) electrons. The molecule has 110 valence electrons. The molecule has 2 N–H and O–H groups in total. The fourth-order valence-electron chi connectivity index (χ4n) is 2.12. The second kappa shape index (κ2) is 6.23. The standard InChI is InChI=1S/C13H15F3N2O2/c1-8(18-4-6-20-7-5-18)13(19)17-10-3-2-9(14)11(15)12(10)16/h2-3,8H,4-7H2,1H3,(H,17,19)/p+1/t8-/m0/s1. The first kappa shape index (κ1) is 14.8. The van der Waals surface area contributed by atoms with Gasteiger partial charge in [-0.05, 0) is 19.1 Å². The fourth-order valence-corrected chi connectivity index (χ4v) is 2.12. The van der Waals surface area contributed by atoms with Crippen molar-refractivity contribution in [2.75, 3.05) is 31.6 Å². The molecule has 1 aliphatic rings. The summed E-state index contributed by atoms with van der Waals surface area (Å²) < 4.78 is 44.5. The van der Waals surface area contributed by atoms with Crippen LogP contribution in [-0.2, 0) is 9.53 Å². The molecule has 1 atom stereocenters. The number of benzene rings is 1. The predicted octanol–water partition coefficient (Wildman–Crippen LogP) is 0.346. The third-order valence-electron chi connectivity index (χ3n) is 3.43. The number of morpholine rings is 1. The van der Waals surface area contributed by atoms with Crippen LogP contribution in [0, 0.1) is 17.5 Å². The molecule has 7 heteroatoms. The van der Waals surface area contributed by atoms with E-state index in [9.17, 15) is 18.0 Å². The SMILES string of the molecule is C[C@@H](C(=O)Nc1ccc(F)c(F)c1F)[NH+]1CCOCC1. The van der Waals surface area contributed by atoms with Crippen LogP contribution < -0.4 is 10.2 Å². The van der Waals surface area contributed by atoms with Crippen LogP contribution in [-0.4, -0.2) is 38.3 Å². The Balaban J connectivity index is 2.05. The largest absolute Gasteiger partial charge is 0.370 e. The topological polar surface area (TPSA) is 42.8 Å². The minimum absolute atomic E-state index is 0.353. The number of hydrogen-bond acceptors (Lipinski definition) is 2. The summed E-state index contributed by atoms with van der Waals surface area (Å²) in [5.74, 6) is -4.70. The zero-order chi connectivity index (χ0) is 14.7. The molecule has 0 spiro atoms. The lowest BCUT2D eigenvalue weighted by atomic mass is 10.2. The van der Waals surface area contributed by atoms with Gasteiger partial charge in [0.25, 0.3) is 5.91 Å². The highest BCUT2D eigenvalue weighted by Crippen LogP contribution is 2.19. The Morgan fingerprint density at radius 3 is 2.55 bits per heavy atom. The van der Waals surface area contributed by atoms with Crippen LogP contribution in [0.4, 0.5) is 18.9 Å². The van der Waals surface area contributed by atoms with Gasteiger partial charge in [-0.3, -0.25) is 4.79 Å². The first-order valence-electron chi connectivity index (χ1n) is 6.37. The molecule has 0 bridgehead atoms. The maximum Gasteiger partial charge on any atom is 0.282 e. The van der Waals surface area contributed by atoms with Crippen LogP contribution in [0.5, 0.6) is 0 Å². The number of hydrogen-bond donors (Lipinski definition) is 2. The van der Waals surface area contributed by atoms with Crippen molar-refractivity contribution in [3.8, 4) is 0 Å². The molecule has 4 nitrogen and oxygen atoms in total. The molecule has 1 aromatic rings. The van der Waals surface area contributed by atoms with Gasteiger partial charge in [-0.1, -0.05) is 0 Å². The summed E-state index contributed by atoms with van der Waals surface area (Å²) in [5, 5.41) is 2.29. The molecular weight excluding hydrogens is 273 g/mol. The Kier molecular flexibility index (Phi) is 4.61. The lowest BCUT2D eigenvalue weighted by molar-refractivity contribution is -0.921. The molecule has 2 rings (SSSR count). The molecular formula is C13H16F3N2O2+. The second-order valence-corrected chi connectivity index (χ2v) is 4.70. The molecule has 0 aromatic heterocycles. The van der Waals surface area contributed by atoms with Crippen molar-refractivity contribution in [1.29, 1.82) is 0 Å². The highest BCUT2D eigenvalue weighted by atomic mass is 19.2. The van der Waals surface area contributed by atoms with E-state index in [4.69, 9.17) is 4.74 Å². The van der Waals surface area contributed by atoms with Crippen molar-refractivity contribution < 1.29 is 27.6 Å². The van der Waals surface area contributed by atoms with Gasteiger partial charge in [0.1, 0.15) is 13.1 Å². The van der Waals surface area contributed by atoms with Gasteiger partial charge < -0.3 is 15.0 Å². The molecule has 1 aromatic carbocycles. The summed E-state index contributed by atoms with van der Waals surface area (Å²) >= 11 is 0. The Hall–Kier alpha value is -1.60. The van der Waals surface area contributed by atoms with Gasteiger partial charge in [-0.2, -0.15) is 0 Å². The van der Waals surface area contributed by atoms with Crippen molar-refractivity contribution in [3.63, 3.8) is 0 Å². The monoisotopic (exact) mass is 289 g/mol. The Morgan fingerprint density at radius 1 is 1.25 bits per heavy atom. The number of amides is 1. The molecule has 0 saturated carbocycles. The Morgan fingerprint density at radius 2 is 1.90 bits per heavy atom. The van der Waals surface area contributed by atoms with E-state index in [1.165, 1.54) is 0 Å². The summed E-state index contributed by atoms with van der Waals surface area (Å²) in [5.41, 5.74) is -0.353. The van der Waals surface area contributed by atoms with Crippen molar-refractivity contribution in [2.24, 2.45) is 0 Å². The lowest BCUT2D eigenvalue weighted by Crippen LogP contribution is -3.18. The number of anilines is 1. The maximum absolute atomic E-state index is 13.5. The number of quaternary nitrogens is 1. The number of ether oxygens (including phenoxy) is 1. The van der Waals surface area contributed by atoms with Crippen molar-refractivity contribution in [2.45, 2.75) is 13.0 Å².